The summed E-state index contributed by atoms with van der Waals surface area (Å²) < 4.78 is 5.18. The number of nitrogens with zero attached hydrogens (tertiary/aromatic N) is 3. The van der Waals surface area contributed by atoms with Gasteiger partial charge in [-0.25, -0.2) is 5.84 Å². The lowest BCUT2D eigenvalue weighted by Gasteiger charge is -2.08. The Bertz CT molecular complexity index is 335. The Balaban J connectivity index is 2.59. The molecule has 0 aromatic carbocycles. The molecule has 5 N–H and O–H groups in total. The second kappa shape index (κ2) is 7.58. The molecule has 17 heavy (non-hydrogen) atoms. The molecule has 0 atom stereocenters. The van der Waals surface area contributed by atoms with Crippen LogP contribution in [0.1, 0.15) is 19.8 Å². The Kier molecular flexibility index (Phi) is 5.97. The molecular weight excluding hydrogens is 224 g/mol. The second-order valence-electron chi connectivity index (χ2n) is 3.20. The molecule has 1 aromatic rings. The maximum Gasteiger partial charge on any atom is 0.323 e. The first kappa shape index (κ1) is 13.4. The van der Waals surface area contributed by atoms with Gasteiger partial charge in [0.15, 0.2) is 0 Å². The van der Waals surface area contributed by atoms with Crippen LogP contribution in [-0.2, 0) is 0 Å². The molecular formula is C9H18N6O2. The standard InChI is InChI=1S/C9H18N6O2/c1-2-17-9-13-7(11-5-3-4-6-16)12-8(14-9)15-10/h16H,2-6,10H2,1H3,(H2,11,12,13,14,15). The minimum Gasteiger partial charge on any atom is -0.464 e. The highest BCUT2D eigenvalue weighted by Crippen LogP contribution is 2.10. The predicted molar refractivity (Wildman–Crippen MR) is 63.6 cm³/mol. The Labute approximate surface area is 99.6 Å². The van der Waals surface area contributed by atoms with Crippen molar-refractivity contribution in [3.63, 3.8) is 0 Å². The molecule has 1 aromatic heterocycles. The molecule has 0 saturated heterocycles. The van der Waals surface area contributed by atoms with Crippen molar-refractivity contribution in [1.29, 1.82) is 0 Å². The van der Waals surface area contributed by atoms with E-state index in [-0.39, 0.29) is 18.6 Å². The van der Waals surface area contributed by atoms with E-state index >= 15 is 0 Å². The fourth-order valence-corrected chi connectivity index (χ4v) is 1.13. The zero-order valence-electron chi connectivity index (χ0n) is 9.81. The van der Waals surface area contributed by atoms with Crippen LogP contribution in [0.15, 0.2) is 0 Å². The summed E-state index contributed by atoms with van der Waals surface area (Å²) in [6, 6.07) is 0.222. The topological polar surface area (TPSA) is 118 Å². The van der Waals surface area contributed by atoms with Crippen LogP contribution in [0, 0.1) is 0 Å². The number of hydrogen-bond donors (Lipinski definition) is 4. The fourth-order valence-electron chi connectivity index (χ4n) is 1.13. The van der Waals surface area contributed by atoms with Gasteiger partial charge in [-0.3, -0.25) is 5.43 Å². The molecule has 0 bridgehead atoms. The lowest BCUT2D eigenvalue weighted by atomic mass is 10.3. The number of hydrogen-bond acceptors (Lipinski definition) is 8. The first-order valence-corrected chi connectivity index (χ1v) is 5.50. The SMILES string of the molecule is CCOc1nc(NN)nc(NCCCCO)n1. The van der Waals surface area contributed by atoms with Gasteiger partial charge in [-0.05, 0) is 19.8 Å². The van der Waals surface area contributed by atoms with Gasteiger partial charge < -0.3 is 15.2 Å². The van der Waals surface area contributed by atoms with Gasteiger partial charge in [0.2, 0.25) is 11.9 Å². The summed E-state index contributed by atoms with van der Waals surface area (Å²) in [5.41, 5.74) is 2.35. The smallest absolute Gasteiger partial charge is 0.323 e. The number of nitrogens with two attached hydrogens (primary N) is 1. The molecule has 0 amide bonds. The van der Waals surface area contributed by atoms with Crippen LogP contribution in [0.4, 0.5) is 11.9 Å². The minimum absolute atomic E-state index is 0.179. The van der Waals surface area contributed by atoms with Gasteiger partial charge >= 0.3 is 6.01 Å². The van der Waals surface area contributed by atoms with Crippen molar-refractivity contribution in [1.82, 2.24) is 15.0 Å². The van der Waals surface area contributed by atoms with Crippen LogP contribution >= 0.6 is 0 Å². The van der Waals surface area contributed by atoms with Crippen molar-refractivity contribution >= 4 is 11.9 Å². The third kappa shape index (κ3) is 4.79. The highest BCUT2D eigenvalue weighted by molar-refractivity contribution is 5.34. The number of anilines is 2. The molecule has 0 aliphatic carbocycles. The normalized spacial score (nSPS) is 10.1. The second-order valence-corrected chi connectivity index (χ2v) is 3.20. The molecule has 0 aliphatic heterocycles. The molecule has 0 unspecified atom stereocenters. The number of nitrogens with one attached hydrogen (secondary N) is 2. The maximum atomic E-state index is 8.64. The van der Waals surface area contributed by atoms with E-state index in [0.29, 0.717) is 19.1 Å². The average Bonchev–Trinajstić information content (AvgIpc) is 2.35. The molecule has 96 valence electrons. The maximum absolute atomic E-state index is 8.64. The Morgan fingerprint density at radius 2 is 2.00 bits per heavy atom. The van der Waals surface area contributed by atoms with Crippen molar-refractivity contribution in [2.24, 2.45) is 5.84 Å². The number of ether oxygens (including phenoxy) is 1. The molecule has 0 spiro atoms. The van der Waals surface area contributed by atoms with Crippen LogP contribution in [0.2, 0.25) is 0 Å². The molecule has 8 heteroatoms. The van der Waals surface area contributed by atoms with Crippen LogP contribution in [0.3, 0.4) is 0 Å². The first-order chi connectivity index (χ1) is 8.30. The summed E-state index contributed by atoms with van der Waals surface area (Å²) in [7, 11) is 0. The quantitative estimate of drug-likeness (QED) is 0.280. The zero-order valence-corrected chi connectivity index (χ0v) is 9.81. The third-order valence-electron chi connectivity index (χ3n) is 1.89. The predicted octanol–water partition coefficient (Wildman–Crippen LogP) is -0.260. The largest absolute Gasteiger partial charge is 0.464 e. The van der Waals surface area contributed by atoms with Crippen LogP contribution in [-0.4, -0.2) is 39.8 Å². The number of aliphatic hydroxyl groups is 1. The number of aliphatic hydroxyl groups excluding tert-OH is 1. The summed E-state index contributed by atoms with van der Waals surface area (Å²) in [6.07, 6.45) is 1.57. The van der Waals surface area contributed by atoms with Gasteiger partial charge in [-0.2, -0.15) is 15.0 Å². The molecule has 8 nitrogen and oxygen atoms in total. The minimum atomic E-state index is 0.179. The molecule has 0 aliphatic rings. The summed E-state index contributed by atoms with van der Waals surface area (Å²) in [6.45, 7) is 3.16. The van der Waals surface area contributed by atoms with Gasteiger partial charge in [0.25, 0.3) is 0 Å². The van der Waals surface area contributed by atoms with E-state index in [9.17, 15) is 0 Å². The van der Waals surface area contributed by atoms with Gasteiger partial charge in [0.05, 0.1) is 6.61 Å². The van der Waals surface area contributed by atoms with Gasteiger partial charge in [-0.1, -0.05) is 0 Å². The van der Waals surface area contributed by atoms with Crippen molar-refractivity contribution in [3.05, 3.63) is 0 Å². The monoisotopic (exact) mass is 242 g/mol. The number of nitrogen functional groups attached to an aromatic ring is 1. The fraction of sp³-hybridized carbons (Fsp3) is 0.667. The van der Waals surface area contributed by atoms with E-state index in [1.54, 1.807) is 0 Å². The third-order valence-corrected chi connectivity index (χ3v) is 1.89. The highest BCUT2D eigenvalue weighted by atomic mass is 16.5. The number of unbranched alkanes of at least 4 members (excludes halogenated alkanes) is 1. The van der Waals surface area contributed by atoms with E-state index in [1.165, 1.54) is 0 Å². The lowest BCUT2D eigenvalue weighted by Crippen LogP contribution is -2.15. The van der Waals surface area contributed by atoms with Crippen LogP contribution < -0.4 is 21.3 Å². The van der Waals surface area contributed by atoms with E-state index in [1.807, 2.05) is 6.92 Å². The Morgan fingerprint density at radius 1 is 1.24 bits per heavy atom. The number of aromatic nitrogens is 3. The lowest BCUT2D eigenvalue weighted by molar-refractivity contribution is 0.286. The van der Waals surface area contributed by atoms with E-state index in [2.05, 4.69) is 25.7 Å². The van der Waals surface area contributed by atoms with E-state index in [4.69, 9.17) is 15.7 Å². The Hall–Kier alpha value is -1.67. The van der Waals surface area contributed by atoms with Crippen molar-refractivity contribution in [2.75, 3.05) is 30.5 Å². The van der Waals surface area contributed by atoms with Gasteiger partial charge in [0.1, 0.15) is 0 Å². The molecule has 0 saturated carbocycles. The van der Waals surface area contributed by atoms with Crippen molar-refractivity contribution in [2.45, 2.75) is 19.8 Å². The highest BCUT2D eigenvalue weighted by Gasteiger charge is 2.05. The van der Waals surface area contributed by atoms with Gasteiger partial charge in [-0.15, -0.1) is 0 Å². The molecule has 0 radical (unpaired) electrons. The first-order valence-electron chi connectivity index (χ1n) is 5.50. The Morgan fingerprint density at radius 3 is 2.65 bits per heavy atom. The van der Waals surface area contributed by atoms with Crippen LogP contribution in [0.5, 0.6) is 6.01 Å². The average molecular weight is 242 g/mol. The molecule has 1 heterocycles. The van der Waals surface area contributed by atoms with Gasteiger partial charge in [0, 0.05) is 13.2 Å². The zero-order chi connectivity index (χ0) is 12.5. The van der Waals surface area contributed by atoms with E-state index in [0.717, 1.165) is 12.8 Å². The summed E-state index contributed by atoms with van der Waals surface area (Å²) in [5.74, 6) is 5.88. The summed E-state index contributed by atoms with van der Waals surface area (Å²) >= 11 is 0. The number of rotatable bonds is 8. The number of hydrazine groups is 1. The molecule has 1 rings (SSSR count). The summed E-state index contributed by atoms with van der Waals surface area (Å²) in [5, 5.41) is 11.6. The van der Waals surface area contributed by atoms with Crippen LogP contribution in [0.25, 0.3) is 0 Å². The van der Waals surface area contributed by atoms with Crippen molar-refractivity contribution in [3.8, 4) is 6.01 Å². The van der Waals surface area contributed by atoms with Crippen molar-refractivity contribution < 1.29 is 9.84 Å². The van der Waals surface area contributed by atoms with E-state index < -0.39 is 0 Å². The molecule has 0 fully saturated rings. The summed E-state index contributed by atoms with van der Waals surface area (Å²) in [4.78, 5) is 12.0.